The van der Waals surface area contributed by atoms with Gasteiger partial charge in [0.15, 0.2) is 0 Å². The van der Waals surface area contributed by atoms with E-state index in [0.717, 1.165) is 16.6 Å². The third-order valence-electron chi connectivity index (χ3n) is 4.02. The van der Waals surface area contributed by atoms with E-state index in [-0.39, 0.29) is 16.4 Å². The number of halogens is 5. The van der Waals surface area contributed by atoms with Crippen LogP contribution in [0.5, 0.6) is 5.75 Å². The lowest BCUT2D eigenvalue weighted by Gasteiger charge is -2.28. The topological polar surface area (TPSA) is 75.7 Å². The van der Waals surface area contributed by atoms with Gasteiger partial charge in [-0.05, 0) is 43.3 Å². The lowest BCUT2D eigenvalue weighted by Crippen LogP contribution is -2.45. The standard InChI is InChI=1S/C18H17Cl2F3N2O4S/c1-10(17(26)24-11-4-6-14(19)13(8-11)18(21,22)23)25(30(3,27)28)12-5-7-16(29-2)15(20)9-12/h4-10H,1-3H3,(H,24,26)/t10-/m1/s1. The summed E-state index contributed by atoms with van der Waals surface area (Å²) >= 11 is 11.6. The maximum Gasteiger partial charge on any atom is 0.417 e. The molecule has 2 rings (SSSR count). The average Bonchev–Trinajstić information content (AvgIpc) is 2.61. The van der Waals surface area contributed by atoms with Crippen LogP contribution < -0.4 is 14.4 Å². The number of carbonyl (C=O) groups excluding carboxylic acids is 1. The molecule has 0 bridgehead atoms. The van der Waals surface area contributed by atoms with Crippen molar-refractivity contribution in [2.45, 2.75) is 19.1 Å². The zero-order chi connectivity index (χ0) is 22.9. The summed E-state index contributed by atoms with van der Waals surface area (Å²) in [6, 6.07) is 5.64. The SMILES string of the molecule is COc1ccc(N([C@H](C)C(=O)Nc2ccc(Cl)c(C(F)(F)F)c2)S(C)(=O)=O)cc1Cl. The second-order valence-electron chi connectivity index (χ2n) is 6.24. The number of sulfonamides is 1. The Morgan fingerprint density at radius 3 is 2.27 bits per heavy atom. The van der Waals surface area contributed by atoms with Crippen LogP contribution in [0.25, 0.3) is 0 Å². The van der Waals surface area contributed by atoms with Crippen LogP contribution in [0.15, 0.2) is 36.4 Å². The summed E-state index contributed by atoms with van der Waals surface area (Å²) in [5.74, 6) is -0.561. The molecule has 12 heteroatoms. The fourth-order valence-electron chi connectivity index (χ4n) is 2.67. The molecule has 6 nitrogen and oxygen atoms in total. The number of nitrogens with one attached hydrogen (secondary N) is 1. The summed E-state index contributed by atoms with van der Waals surface area (Å²) in [5.41, 5.74) is -1.24. The molecule has 1 amide bonds. The van der Waals surface area contributed by atoms with E-state index in [1.54, 1.807) is 0 Å². The molecule has 0 aromatic heterocycles. The molecule has 0 saturated heterocycles. The number of hydrogen-bond donors (Lipinski definition) is 1. The third kappa shape index (κ3) is 5.50. The van der Waals surface area contributed by atoms with Gasteiger partial charge in [0.1, 0.15) is 11.8 Å². The van der Waals surface area contributed by atoms with Crippen molar-refractivity contribution in [1.82, 2.24) is 0 Å². The quantitative estimate of drug-likeness (QED) is 0.637. The molecule has 0 aliphatic rings. The number of benzene rings is 2. The molecule has 2 aromatic rings. The van der Waals surface area contributed by atoms with Crippen molar-refractivity contribution in [2.75, 3.05) is 23.0 Å². The summed E-state index contributed by atoms with van der Waals surface area (Å²) < 4.78 is 69.6. The zero-order valence-electron chi connectivity index (χ0n) is 15.9. The molecule has 164 valence electrons. The third-order valence-corrected chi connectivity index (χ3v) is 5.88. The van der Waals surface area contributed by atoms with Crippen molar-refractivity contribution in [3.8, 4) is 5.75 Å². The lowest BCUT2D eigenvalue weighted by molar-refractivity contribution is -0.137. The Morgan fingerprint density at radius 2 is 1.77 bits per heavy atom. The van der Waals surface area contributed by atoms with E-state index in [1.807, 2.05) is 0 Å². The van der Waals surface area contributed by atoms with Gasteiger partial charge in [-0.3, -0.25) is 9.10 Å². The first-order valence-electron chi connectivity index (χ1n) is 8.26. The van der Waals surface area contributed by atoms with Crippen LogP contribution in [-0.4, -0.2) is 33.7 Å². The maximum atomic E-state index is 13.0. The number of anilines is 2. The molecule has 0 heterocycles. The van der Waals surface area contributed by atoms with Crippen molar-refractivity contribution >= 4 is 50.5 Å². The summed E-state index contributed by atoms with van der Waals surface area (Å²) in [5, 5.41) is 1.87. The monoisotopic (exact) mass is 484 g/mol. The Kier molecular flexibility index (Phi) is 7.16. The number of nitrogens with zero attached hydrogens (tertiary/aromatic N) is 1. The van der Waals surface area contributed by atoms with Gasteiger partial charge >= 0.3 is 6.18 Å². The van der Waals surface area contributed by atoms with Gasteiger partial charge in [-0.1, -0.05) is 23.2 Å². The molecule has 0 unspecified atom stereocenters. The number of carbonyl (C=O) groups is 1. The Balaban J connectivity index is 2.37. The molecule has 0 fully saturated rings. The maximum absolute atomic E-state index is 13.0. The fraction of sp³-hybridized carbons (Fsp3) is 0.278. The molecule has 1 N–H and O–H groups in total. The van der Waals surface area contributed by atoms with E-state index in [4.69, 9.17) is 27.9 Å². The van der Waals surface area contributed by atoms with Gasteiger partial charge in [0.05, 0.1) is 34.7 Å². The molecule has 0 spiro atoms. The molecule has 2 aromatic carbocycles. The number of hydrogen-bond acceptors (Lipinski definition) is 4. The van der Waals surface area contributed by atoms with E-state index < -0.39 is 38.7 Å². The zero-order valence-corrected chi connectivity index (χ0v) is 18.2. The summed E-state index contributed by atoms with van der Waals surface area (Å²) in [6.07, 6.45) is -3.83. The molecular weight excluding hydrogens is 468 g/mol. The minimum atomic E-state index is -4.72. The van der Waals surface area contributed by atoms with Gasteiger partial charge in [-0.15, -0.1) is 0 Å². The van der Waals surface area contributed by atoms with Gasteiger partial charge in [-0.2, -0.15) is 13.2 Å². The highest BCUT2D eigenvalue weighted by Crippen LogP contribution is 2.36. The largest absolute Gasteiger partial charge is 0.495 e. The molecule has 0 saturated carbocycles. The van der Waals surface area contributed by atoms with E-state index in [9.17, 15) is 26.4 Å². The second-order valence-corrected chi connectivity index (χ2v) is 8.91. The van der Waals surface area contributed by atoms with Crippen LogP contribution >= 0.6 is 23.2 Å². The number of amides is 1. The van der Waals surface area contributed by atoms with Crippen molar-refractivity contribution < 1.29 is 31.1 Å². The molecule has 0 aliphatic heterocycles. The van der Waals surface area contributed by atoms with Crippen LogP contribution in [0.2, 0.25) is 10.0 Å². The van der Waals surface area contributed by atoms with Gasteiger partial charge < -0.3 is 10.1 Å². The fourth-order valence-corrected chi connectivity index (χ4v) is 4.31. The predicted molar refractivity (Wildman–Crippen MR) is 110 cm³/mol. The minimum absolute atomic E-state index is 0.0815. The number of ether oxygens (including phenoxy) is 1. The van der Waals surface area contributed by atoms with Crippen molar-refractivity contribution in [3.05, 3.63) is 52.0 Å². The molecule has 0 radical (unpaired) electrons. The van der Waals surface area contributed by atoms with Crippen LogP contribution in [0.4, 0.5) is 24.5 Å². The number of rotatable bonds is 6. The Hall–Kier alpha value is -2.17. The molecule has 0 aliphatic carbocycles. The predicted octanol–water partition coefficient (Wildman–Crippen LogP) is 4.81. The first-order valence-corrected chi connectivity index (χ1v) is 10.9. The number of methoxy groups -OCH3 is 1. The van der Waals surface area contributed by atoms with E-state index in [2.05, 4.69) is 5.32 Å². The van der Waals surface area contributed by atoms with Crippen molar-refractivity contribution in [2.24, 2.45) is 0 Å². The van der Waals surface area contributed by atoms with Crippen molar-refractivity contribution in [1.29, 1.82) is 0 Å². The first kappa shape index (κ1) is 24.1. The summed E-state index contributed by atoms with van der Waals surface area (Å²) in [4.78, 5) is 12.6. The molecule has 1 atom stereocenters. The second kappa shape index (κ2) is 8.91. The van der Waals surface area contributed by atoms with Gasteiger partial charge in [0.2, 0.25) is 15.9 Å². The van der Waals surface area contributed by atoms with E-state index >= 15 is 0 Å². The Labute approximate surface area is 181 Å². The molecular formula is C18H17Cl2F3N2O4S. The normalized spacial score (nSPS) is 12.9. The lowest BCUT2D eigenvalue weighted by atomic mass is 10.2. The van der Waals surface area contributed by atoms with Crippen LogP contribution in [-0.2, 0) is 21.0 Å². The van der Waals surface area contributed by atoms with Crippen LogP contribution in [0.1, 0.15) is 12.5 Å². The van der Waals surface area contributed by atoms with Gasteiger partial charge in [-0.25, -0.2) is 8.42 Å². The highest BCUT2D eigenvalue weighted by atomic mass is 35.5. The van der Waals surface area contributed by atoms with Gasteiger partial charge in [0.25, 0.3) is 0 Å². The Bertz CT molecular complexity index is 1060. The van der Waals surface area contributed by atoms with Gasteiger partial charge in [0, 0.05) is 5.69 Å². The summed E-state index contributed by atoms with van der Waals surface area (Å²) in [7, 11) is -2.58. The number of alkyl halides is 3. The van der Waals surface area contributed by atoms with E-state index in [0.29, 0.717) is 11.8 Å². The van der Waals surface area contributed by atoms with Crippen LogP contribution in [0, 0.1) is 0 Å². The van der Waals surface area contributed by atoms with Crippen LogP contribution in [0.3, 0.4) is 0 Å². The van der Waals surface area contributed by atoms with E-state index in [1.165, 1.54) is 38.3 Å². The Morgan fingerprint density at radius 1 is 1.13 bits per heavy atom. The summed E-state index contributed by atoms with van der Waals surface area (Å²) in [6.45, 7) is 1.29. The highest BCUT2D eigenvalue weighted by Gasteiger charge is 2.34. The minimum Gasteiger partial charge on any atom is -0.495 e. The smallest absolute Gasteiger partial charge is 0.417 e. The van der Waals surface area contributed by atoms with Crippen molar-refractivity contribution in [3.63, 3.8) is 0 Å². The average molecular weight is 485 g/mol. The highest BCUT2D eigenvalue weighted by molar-refractivity contribution is 7.92. The first-order chi connectivity index (χ1) is 13.8. The molecule has 30 heavy (non-hydrogen) atoms.